The summed E-state index contributed by atoms with van der Waals surface area (Å²) < 4.78 is 0. The first-order valence-corrected chi connectivity index (χ1v) is 7.45. The van der Waals surface area contributed by atoms with E-state index < -0.39 is 0 Å². The molecule has 0 saturated heterocycles. The highest BCUT2D eigenvalue weighted by atomic mass is 35.5. The van der Waals surface area contributed by atoms with E-state index in [0.29, 0.717) is 15.1 Å². The largest absolute Gasteiger partial charge is 0.246 e. The van der Waals surface area contributed by atoms with Crippen molar-refractivity contribution in [3.8, 4) is 22.5 Å². The normalized spacial score (nSPS) is 10.6. The Balaban J connectivity index is 2.07. The van der Waals surface area contributed by atoms with Crippen LogP contribution in [0.15, 0.2) is 60.7 Å². The van der Waals surface area contributed by atoms with E-state index in [1.807, 2.05) is 60.7 Å². The second-order valence-corrected chi connectivity index (χ2v) is 5.82. The van der Waals surface area contributed by atoms with Crippen LogP contribution in [0.2, 0.25) is 15.1 Å². The van der Waals surface area contributed by atoms with Crippen molar-refractivity contribution in [1.82, 2.24) is 4.98 Å². The minimum absolute atomic E-state index is 0.607. The predicted octanol–water partition coefficient (Wildman–Crippen LogP) is 6.38. The van der Waals surface area contributed by atoms with E-state index in [-0.39, 0.29) is 0 Å². The monoisotopic (exact) mass is 333 g/mol. The van der Waals surface area contributed by atoms with Gasteiger partial charge in [0.1, 0.15) is 0 Å². The van der Waals surface area contributed by atoms with E-state index in [9.17, 15) is 0 Å². The van der Waals surface area contributed by atoms with Gasteiger partial charge in [0, 0.05) is 21.2 Å². The van der Waals surface area contributed by atoms with Gasteiger partial charge in [-0.3, -0.25) is 0 Å². The molecule has 3 rings (SSSR count). The first-order chi connectivity index (χ1) is 10.1. The van der Waals surface area contributed by atoms with Gasteiger partial charge in [-0.05, 0) is 36.4 Å². The smallest absolute Gasteiger partial charge is 0.0895 e. The zero-order valence-electron chi connectivity index (χ0n) is 10.9. The number of hydrogen-bond acceptors (Lipinski definition) is 1. The van der Waals surface area contributed by atoms with Crippen molar-refractivity contribution in [2.45, 2.75) is 0 Å². The first-order valence-electron chi connectivity index (χ1n) is 6.32. The molecule has 2 aromatic carbocycles. The molecule has 3 aromatic rings. The van der Waals surface area contributed by atoms with Crippen molar-refractivity contribution in [2.75, 3.05) is 0 Å². The number of aromatic nitrogens is 1. The highest BCUT2D eigenvalue weighted by molar-refractivity contribution is 6.33. The minimum Gasteiger partial charge on any atom is -0.246 e. The fraction of sp³-hybridized carbons (Fsp3) is 0. The summed E-state index contributed by atoms with van der Waals surface area (Å²) in [6.07, 6.45) is 0. The van der Waals surface area contributed by atoms with Crippen LogP contribution in [-0.4, -0.2) is 4.98 Å². The van der Waals surface area contributed by atoms with Crippen molar-refractivity contribution >= 4 is 34.8 Å². The number of halogens is 3. The molecule has 0 atom stereocenters. The van der Waals surface area contributed by atoms with Crippen molar-refractivity contribution < 1.29 is 0 Å². The Morgan fingerprint density at radius 1 is 0.571 bits per heavy atom. The molecule has 0 unspecified atom stereocenters. The molecule has 0 aliphatic rings. The van der Waals surface area contributed by atoms with Crippen molar-refractivity contribution in [2.24, 2.45) is 0 Å². The van der Waals surface area contributed by atoms with Gasteiger partial charge in [-0.2, -0.15) is 0 Å². The lowest BCUT2D eigenvalue weighted by Gasteiger charge is -2.07. The topological polar surface area (TPSA) is 12.9 Å². The molecule has 0 saturated carbocycles. The third kappa shape index (κ3) is 3.21. The van der Waals surface area contributed by atoms with Gasteiger partial charge in [-0.15, -0.1) is 0 Å². The molecule has 1 nitrogen and oxygen atoms in total. The maximum Gasteiger partial charge on any atom is 0.0895 e. The summed E-state index contributed by atoms with van der Waals surface area (Å²) >= 11 is 18.1. The van der Waals surface area contributed by atoms with E-state index in [4.69, 9.17) is 34.8 Å². The van der Waals surface area contributed by atoms with Gasteiger partial charge in [0.2, 0.25) is 0 Å². The molecule has 0 aliphatic heterocycles. The third-order valence-electron chi connectivity index (χ3n) is 3.10. The molecule has 0 fully saturated rings. The number of nitrogens with zero attached hydrogens (tertiary/aromatic N) is 1. The SMILES string of the molecule is Clc1ccc(-c2ccc(Cl)c(-c3ccc(Cl)cc3)n2)cc1. The highest BCUT2D eigenvalue weighted by Gasteiger charge is 2.08. The fourth-order valence-electron chi connectivity index (χ4n) is 2.03. The number of pyridine rings is 1. The molecule has 0 spiro atoms. The summed E-state index contributed by atoms with van der Waals surface area (Å²) in [4.78, 5) is 4.65. The average molecular weight is 335 g/mol. The molecule has 0 aliphatic carbocycles. The van der Waals surface area contributed by atoms with E-state index in [1.165, 1.54) is 0 Å². The highest BCUT2D eigenvalue weighted by Crippen LogP contribution is 2.30. The van der Waals surface area contributed by atoms with Gasteiger partial charge in [-0.1, -0.05) is 59.1 Å². The molecule has 0 N–H and O–H groups in total. The Bertz CT molecular complexity index is 765. The molecule has 104 valence electrons. The summed E-state index contributed by atoms with van der Waals surface area (Å²) in [6.45, 7) is 0. The van der Waals surface area contributed by atoms with Gasteiger partial charge in [-0.25, -0.2) is 4.98 Å². The van der Waals surface area contributed by atoms with Gasteiger partial charge < -0.3 is 0 Å². The van der Waals surface area contributed by atoms with Crippen LogP contribution in [0.5, 0.6) is 0 Å². The molecule has 0 bridgehead atoms. The van der Waals surface area contributed by atoms with E-state index in [2.05, 4.69) is 4.98 Å². The number of benzene rings is 2. The average Bonchev–Trinajstić information content (AvgIpc) is 2.50. The Morgan fingerprint density at radius 3 is 1.67 bits per heavy atom. The van der Waals surface area contributed by atoms with E-state index >= 15 is 0 Å². The lowest BCUT2D eigenvalue weighted by atomic mass is 10.1. The lowest BCUT2D eigenvalue weighted by molar-refractivity contribution is 1.32. The molecule has 1 aromatic heterocycles. The van der Waals surface area contributed by atoms with Gasteiger partial charge in [0.05, 0.1) is 16.4 Å². The Morgan fingerprint density at radius 2 is 1.10 bits per heavy atom. The van der Waals surface area contributed by atoms with Crippen LogP contribution >= 0.6 is 34.8 Å². The van der Waals surface area contributed by atoms with Crippen LogP contribution in [0.3, 0.4) is 0 Å². The predicted molar refractivity (Wildman–Crippen MR) is 90.1 cm³/mol. The molecular weight excluding hydrogens is 325 g/mol. The molecule has 0 radical (unpaired) electrons. The summed E-state index contributed by atoms with van der Waals surface area (Å²) in [5.74, 6) is 0. The summed E-state index contributed by atoms with van der Waals surface area (Å²) in [7, 11) is 0. The van der Waals surface area contributed by atoms with Gasteiger partial charge >= 0.3 is 0 Å². The van der Waals surface area contributed by atoms with Crippen molar-refractivity contribution in [3.63, 3.8) is 0 Å². The van der Waals surface area contributed by atoms with Crippen LogP contribution in [0.4, 0.5) is 0 Å². The van der Waals surface area contributed by atoms with Crippen LogP contribution < -0.4 is 0 Å². The molecular formula is C17H10Cl3N. The zero-order valence-corrected chi connectivity index (χ0v) is 13.1. The number of hydrogen-bond donors (Lipinski definition) is 0. The Labute approximate surface area is 138 Å². The Hall–Kier alpha value is -1.54. The maximum absolute atomic E-state index is 6.27. The van der Waals surface area contributed by atoms with Gasteiger partial charge in [0.15, 0.2) is 0 Å². The van der Waals surface area contributed by atoms with Crippen LogP contribution in [0.25, 0.3) is 22.5 Å². The van der Waals surface area contributed by atoms with Crippen LogP contribution in [-0.2, 0) is 0 Å². The lowest BCUT2D eigenvalue weighted by Crippen LogP contribution is -1.89. The quantitative estimate of drug-likeness (QED) is 0.530. The zero-order chi connectivity index (χ0) is 14.8. The van der Waals surface area contributed by atoms with Crippen molar-refractivity contribution in [3.05, 3.63) is 75.7 Å². The van der Waals surface area contributed by atoms with Gasteiger partial charge in [0.25, 0.3) is 0 Å². The molecule has 0 amide bonds. The van der Waals surface area contributed by atoms with Crippen LogP contribution in [0, 0.1) is 0 Å². The summed E-state index contributed by atoms with van der Waals surface area (Å²) in [6, 6.07) is 18.8. The van der Waals surface area contributed by atoms with E-state index in [1.54, 1.807) is 0 Å². The second kappa shape index (κ2) is 6.07. The second-order valence-electron chi connectivity index (χ2n) is 4.54. The minimum atomic E-state index is 0.607. The molecule has 21 heavy (non-hydrogen) atoms. The molecule has 4 heteroatoms. The summed E-state index contributed by atoms with van der Waals surface area (Å²) in [5, 5.41) is 1.99. The third-order valence-corrected chi connectivity index (χ3v) is 3.91. The standard InChI is InChI=1S/C17H10Cl3N/c18-13-5-1-11(2-6-13)16-10-9-15(20)17(21-16)12-3-7-14(19)8-4-12/h1-10H. The van der Waals surface area contributed by atoms with Crippen LogP contribution in [0.1, 0.15) is 0 Å². The first kappa shape index (κ1) is 14.4. The molecule has 1 heterocycles. The fourth-order valence-corrected chi connectivity index (χ4v) is 2.50. The van der Waals surface area contributed by atoms with E-state index in [0.717, 1.165) is 22.5 Å². The number of rotatable bonds is 2. The van der Waals surface area contributed by atoms with Crippen molar-refractivity contribution in [1.29, 1.82) is 0 Å². The maximum atomic E-state index is 6.27. The Kier molecular flexibility index (Phi) is 4.16. The summed E-state index contributed by atoms with van der Waals surface area (Å²) in [5.41, 5.74) is 3.51.